The van der Waals surface area contributed by atoms with Crippen molar-refractivity contribution in [3.05, 3.63) is 81.4 Å². The van der Waals surface area contributed by atoms with Gasteiger partial charge in [0.05, 0.1) is 21.2 Å². The smallest absolute Gasteiger partial charge is 0.267 e. The molecular weight excluding hydrogens is 357 g/mol. The van der Waals surface area contributed by atoms with Crippen LogP contribution in [0.2, 0.25) is 0 Å². The Morgan fingerprint density at radius 2 is 1.73 bits per heavy atom. The summed E-state index contributed by atoms with van der Waals surface area (Å²) in [7, 11) is 0. The van der Waals surface area contributed by atoms with Crippen LogP contribution in [-0.2, 0) is 0 Å². The lowest BCUT2D eigenvalue weighted by atomic mass is 10.2. The highest BCUT2D eigenvalue weighted by molar-refractivity contribution is 7.99. The van der Waals surface area contributed by atoms with E-state index in [2.05, 4.69) is 5.10 Å². The minimum Gasteiger partial charge on any atom is -0.267 e. The standard InChI is InChI=1S/C18H14FN3O3S/c1-11-17(26-16-9-7-15(8-10-16)22(24)25)12(2)21(20-11)18(23)13-3-5-14(19)6-4-13/h3-10H,1-2H3. The summed E-state index contributed by atoms with van der Waals surface area (Å²) in [6.07, 6.45) is 0. The Kier molecular flexibility index (Phi) is 4.85. The molecule has 0 amide bonds. The zero-order valence-corrected chi connectivity index (χ0v) is 14.8. The molecule has 0 aliphatic heterocycles. The third-order valence-electron chi connectivity index (χ3n) is 3.78. The van der Waals surface area contributed by atoms with Gasteiger partial charge in [0.15, 0.2) is 0 Å². The van der Waals surface area contributed by atoms with E-state index >= 15 is 0 Å². The van der Waals surface area contributed by atoms with Gasteiger partial charge in [-0.1, -0.05) is 11.8 Å². The van der Waals surface area contributed by atoms with Crippen molar-refractivity contribution in [1.29, 1.82) is 0 Å². The Morgan fingerprint density at radius 3 is 2.31 bits per heavy atom. The van der Waals surface area contributed by atoms with Gasteiger partial charge in [0, 0.05) is 22.6 Å². The first kappa shape index (κ1) is 17.8. The molecule has 1 aromatic heterocycles. The van der Waals surface area contributed by atoms with Crippen LogP contribution in [0, 0.1) is 29.8 Å². The molecule has 0 unspecified atom stereocenters. The van der Waals surface area contributed by atoms with Crippen LogP contribution in [0.1, 0.15) is 21.7 Å². The molecule has 1 heterocycles. The molecule has 2 aromatic carbocycles. The third-order valence-corrected chi connectivity index (χ3v) is 5.08. The van der Waals surface area contributed by atoms with E-state index in [9.17, 15) is 19.3 Å². The minimum atomic E-state index is -0.454. The fraction of sp³-hybridized carbons (Fsp3) is 0.111. The van der Waals surface area contributed by atoms with Crippen LogP contribution in [0.3, 0.4) is 0 Å². The predicted molar refractivity (Wildman–Crippen MR) is 95.0 cm³/mol. The van der Waals surface area contributed by atoms with Gasteiger partial charge in [0.2, 0.25) is 0 Å². The minimum absolute atomic E-state index is 0.0185. The molecular formula is C18H14FN3O3S. The van der Waals surface area contributed by atoms with Crippen molar-refractivity contribution in [2.24, 2.45) is 0 Å². The molecule has 0 atom stereocenters. The van der Waals surface area contributed by atoms with Crippen LogP contribution < -0.4 is 0 Å². The van der Waals surface area contributed by atoms with E-state index in [1.165, 1.54) is 52.8 Å². The van der Waals surface area contributed by atoms with Gasteiger partial charge in [-0.25, -0.2) is 4.39 Å². The van der Waals surface area contributed by atoms with Crippen molar-refractivity contribution < 1.29 is 14.1 Å². The summed E-state index contributed by atoms with van der Waals surface area (Å²) in [5.74, 6) is -0.759. The number of halogens is 1. The first-order valence-corrected chi connectivity index (χ1v) is 8.47. The summed E-state index contributed by atoms with van der Waals surface area (Å²) in [5, 5.41) is 15.0. The first-order valence-electron chi connectivity index (χ1n) is 7.65. The van der Waals surface area contributed by atoms with Crippen LogP contribution >= 0.6 is 11.8 Å². The highest BCUT2D eigenvalue weighted by Crippen LogP contribution is 2.33. The van der Waals surface area contributed by atoms with Crippen molar-refractivity contribution >= 4 is 23.4 Å². The van der Waals surface area contributed by atoms with Crippen LogP contribution in [-0.4, -0.2) is 20.6 Å². The number of benzene rings is 2. The zero-order valence-electron chi connectivity index (χ0n) is 14.0. The van der Waals surface area contributed by atoms with E-state index in [1.54, 1.807) is 26.0 Å². The second-order valence-corrected chi connectivity index (χ2v) is 6.66. The third kappa shape index (κ3) is 3.50. The number of hydrogen-bond donors (Lipinski definition) is 0. The fourth-order valence-electron chi connectivity index (χ4n) is 2.44. The van der Waals surface area contributed by atoms with Crippen LogP contribution in [0.15, 0.2) is 58.3 Å². The van der Waals surface area contributed by atoms with E-state index in [-0.39, 0.29) is 11.6 Å². The average Bonchev–Trinajstić information content (AvgIpc) is 2.90. The maximum absolute atomic E-state index is 13.0. The largest absolute Gasteiger partial charge is 0.278 e. The maximum atomic E-state index is 13.0. The molecule has 3 aromatic rings. The molecule has 0 saturated carbocycles. The lowest BCUT2D eigenvalue weighted by Crippen LogP contribution is -2.15. The van der Waals surface area contributed by atoms with E-state index < -0.39 is 10.7 Å². The summed E-state index contributed by atoms with van der Waals surface area (Å²) in [5.41, 5.74) is 1.68. The van der Waals surface area contributed by atoms with Gasteiger partial charge in [-0.05, 0) is 50.2 Å². The Hall–Kier alpha value is -3.00. The van der Waals surface area contributed by atoms with Crippen LogP contribution in [0.4, 0.5) is 10.1 Å². The molecule has 26 heavy (non-hydrogen) atoms. The number of rotatable bonds is 4. The summed E-state index contributed by atoms with van der Waals surface area (Å²) in [6.45, 7) is 3.56. The molecule has 0 aliphatic rings. The van der Waals surface area contributed by atoms with Gasteiger partial charge in [0.1, 0.15) is 5.82 Å². The Balaban J connectivity index is 1.89. The summed E-state index contributed by atoms with van der Waals surface area (Å²) in [4.78, 5) is 24.5. The lowest BCUT2D eigenvalue weighted by molar-refractivity contribution is -0.384. The van der Waals surface area contributed by atoms with Crippen LogP contribution in [0.5, 0.6) is 0 Å². The normalized spacial score (nSPS) is 10.7. The summed E-state index contributed by atoms with van der Waals surface area (Å²) < 4.78 is 14.3. The highest BCUT2D eigenvalue weighted by Gasteiger charge is 2.19. The second kappa shape index (κ2) is 7.09. The quantitative estimate of drug-likeness (QED) is 0.502. The number of carbonyl (C=O) groups excluding carboxylic acids is 1. The predicted octanol–water partition coefficient (Wildman–Crippen LogP) is 4.39. The second-order valence-electron chi connectivity index (χ2n) is 5.58. The molecule has 8 heteroatoms. The number of nitro groups is 1. The topological polar surface area (TPSA) is 78.0 Å². The first-order chi connectivity index (χ1) is 12.4. The number of aryl methyl sites for hydroxylation is 1. The van der Waals surface area contributed by atoms with Crippen LogP contribution in [0.25, 0.3) is 0 Å². The lowest BCUT2D eigenvalue weighted by Gasteiger charge is -2.05. The Bertz CT molecular complexity index is 982. The molecule has 0 spiro atoms. The Labute approximate surface area is 152 Å². The van der Waals surface area contributed by atoms with Gasteiger partial charge in [-0.2, -0.15) is 9.78 Å². The molecule has 132 valence electrons. The fourth-order valence-corrected chi connectivity index (χ4v) is 3.37. The van der Waals surface area contributed by atoms with Crippen molar-refractivity contribution in [3.8, 4) is 0 Å². The summed E-state index contributed by atoms with van der Waals surface area (Å²) >= 11 is 1.38. The van der Waals surface area contributed by atoms with Gasteiger partial charge in [-0.15, -0.1) is 0 Å². The monoisotopic (exact) mass is 371 g/mol. The number of aromatic nitrogens is 2. The van der Waals surface area contributed by atoms with Gasteiger partial charge < -0.3 is 0 Å². The number of hydrogen-bond acceptors (Lipinski definition) is 5. The highest BCUT2D eigenvalue weighted by atomic mass is 32.2. The number of non-ortho nitro benzene ring substituents is 1. The molecule has 0 N–H and O–H groups in total. The average molecular weight is 371 g/mol. The summed E-state index contributed by atoms with van der Waals surface area (Å²) in [6, 6.07) is 11.5. The molecule has 6 nitrogen and oxygen atoms in total. The van der Waals surface area contributed by atoms with E-state index in [0.717, 1.165) is 9.79 Å². The molecule has 0 radical (unpaired) electrons. The van der Waals surface area contributed by atoms with Crippen molar-refractivity contribution in [1.82, 2.24) is 9.78 Å². The number of nitrogens with zero attached hydrogens (tertiary/aromatic N) is 3. The van der Waals surface area contributed by atoms with E-state index in [0.29, 0.717) is 17.0 Å². The van der Waals surface area contributed by atoms with E-state index in [4.69, 9.17) is 0 Å². The molecule has 3 rings (SSSR count). The van der Waals surface area contributed by atoms with Gasteiger partial charge in [-0.3, -0.25) is 14.9 Å². The Morgan fingerprint density at radius 1 is 1.12 bits per heavy atom. The molecule has 0 fully saturated rings. The van der Waals surface area contributed by atoms with E-state index in [1.807, 2.05) is 0 Å². The molecule has 0 bridgehead atoms. The number of carbonyl (C=O) groups is 1. The molecule has 0 saturated heterocycles. The SMILES string of the molecule is Cc1nn(C(=O)c2ccc(F)cc2)c(C)c1Sc1ccc([N+](=O)[O-])cc1. The van der Waals surface area contributed by atoms with Crippen molar-refractivity contribution in [3.63, 3.8) is 0 Å². The van der Waals surface area contributed by atoms with Gasteiger partial charge in [0.25, 0.3) is 11.6 Å². The van der Waals surface area contributed by atoms with Gasteiger partial charge >= 0.3 is 0 Å². The maximum Gasteiger partial charge on any atom is 0.278 e. The van der Waals surface area contributed by atoms with Crippen molar-refractivity contribution in [2.45, 2.75) is 23.6 Å². The zero-order chi connectivity index (χ0) is 18.8. The van der Waals surface area contributed by atoms with Crippen molar-refractivity contribution in [2.75, 3.05) is 0 Å². The molecule has 0 aliphatic carbocycles. The number of nitro benzene ring substituents is 1.